The Morgan fingerprint density at radius 3 is 2.67 bits per heavy atom. The van der Waals surface area contributed by atoms with Crippen LogP contribution in [0, 0.1) is 10.1 Å². The highest BCUT2D eigenvalue weighted by Gasteiger charge is 2.13. The lowest BCUT2D eigenvalue weighted by molar-refractivity contribution is -0.386. The molecule has 12 heavy (non-hydrogen) atoms. The van der Waals surface area contributed by atoms with E-state index < -0.39 is 16.0 Å². The fourth-order valence-corrected chi connectivity index (χ4v) is 0.845. The summed E-state index contributed by atoms with van der Waals surface area (Å²) in [4.78, 5) is 20.5. The smallest absolute Gasteiger partial charge is 0.334 e. The van der Waals surface area contributed by atoms with Gasteiger partial charge in [-0.05, 0) is 0 Å². The molecule has 0 atom stereocenters. The first kappa shape index (κ1) is 8.25. The van der Waals surface area contributed by atoms with Crippen molar-refractivity contribution < 1.29 is 4.92 Å². The van der Waals surface area contributed by atoms with E-state index in [0.717, 1.165) is 6.20 Å². The molecule has 0 aromatic carbocycles. The lowest BCUT2D eigenvalue weighted by Crippen LogP contribution is -2.14. The molecule has 0 aliphatic carbocycles. The van der Waals surface area contributed by atoms with Gasteiger partial charge in [0, 0.05) is 13.2 Å². The zero-order valence-electron chi connectivity index (χ0n) is 6.35. The Morgan fingerprint density at radius 1 is 1.58 bits per heavy atom. The van der Waals surface area contributed by atoms with E-state index in [0.29, 0.717) is 0 Å². The minimum Gasteiger partial charge on any atom is -0.394 e. The van der Waals surface area contributed by atoms with Gasteiger partial charge in [-0.2, -0.15) is 0 Å². The molecule has 1 rings (SSSR count). The van der Waals surface area contributed by atoms with Gasteiger partial charge in [0.25, 0.3) is 5.43 Å². The molecule has 1 aromatic heterocycles. The minimum absolute atomic E-state index is 0.119. The molecule has 0 spiro atoms. The number of nitrogen functional groups attached to an aromatic ring is 1. The quantitative estimate of drug-likeness (QED) is 0.468. The first-order valence-corrected chi connectivity index (χ1v) is 3.12. The Balaban J connectivity index is 3.49. The average molecular weight is 169 g/mol. The number of rotatable bonds is 1. The van der Waals surface area contributed by atoms with Crippen LogP contribution in [0.1, 0.15) is 0 Å². The predicted octanol–water partition coefficient (Wildman–Crippen LogP) is -0.124. The summed E-state index contributed by atoms with van der Waals surface area (Å²) >= 11 is 0. The lowest BCUT2D eigenvalue weighted by atomic mass is 10.3. The van der Waals surface area contributed by atoms with E-state index in [4.69, 9.17) is 5.73 Å². The molecular formula is C6H7N3O3. The summed E-state index contributed by atoms with van der Waals surface area (Å²) in [6.07, 6.45) is 2.45. The van der Waals surface area contributed by atoms with Crippen molar-refractivity contribution in [3.63, 3.8) is 0 Å². The highest BCUT2D eigenvalue weighted by molar-refractivity contribution is 5.44. The molecule has 0 bridgehead atoms. The van der Waals surface area contributed by atoms with E-state index in [1.54, 1.807) is 7.05 Å². The highest BCUT2D eigenvalue weighted by Crippen LogP contribution is 2.05. The third-order valence-corrected chi connectivity index (χ3v) is 1.36. The number of anilines is 1. The standard InChI is InChI=1S/C6H7N3O3/c1-8-2-4(7)6(10)5(3-8)9(11)12/h2-3H,7H2,1H3. The van der Waals surface area contributed by atoms with Gasteiger partial charge in [-0.25, -0.2) is 0 Å². The number of nitrogens with two attached hydrogens (primary N) is 1. The molecule has 64 valence electrons. The van der Waals surface area contributed by atoms with Crippen molar-refractivity contribution >= 4 is 11.4 Å². The van der Waals surface area contributed by atoms with E-state index in [1.807, 2.05) is 0 Å². The second-order valence-electron chi connectivity index (χ2n) is 2.35. The van der Waals surface area contributed by atoms with Crippen LogP contribution in [0.15, 0.2) is 17.2 Å². The van der Waals surface area contributed by atoms with Crippen molar-refractivity contribution in [2.45, 2.75) is 0 Å². The molecule has 0 saturated heterocycles. The van der Waals surface area contributed by atoms with E-state index in [9.17, 15) is 14.9 Å². The van der Waals surface area contributed by atoms with E-state index in [2.05, 4.69) is 0 Å². The summed E-state index contributed by atoms with van der Waals surface area (Å²) in [7, 11) is 1.56. The Kier molecular flexibility index (Phi) is 1.82. The summed E-state index contributed by atoms with van der Waals surface area (Å²) in [6, 6.07) is 0. The van der Waals surface area contributed by atoms with Crippen LogP contribution in [-0.2, 0) is 7.05 Å². The summed E-state index contributed by atoms with van der Waals surface area (Å²) < 4.78 is 1.37. The van der Waals surface area contributed by atoms with Crippen molar-refractivity contribution in [1.29, 1.82) is 0 Å². The normalized spacial score (nSPS) is 9.75. The maximum atomic E-state index is 11.0. The molecular weight excluding hydrogens is 162 g/mol. The van der Waals surface area contributed by atoms with Gasteiger partial charge in [-0.3, -0.25) is 14.9 Å². The van der Waals surface area contributed by atoms with Gasteiger partial charge in [-0.1, -0.05) is 0 Å². The van der Waals surface area contributed by atoms with Gasteiger partial charge >= 0.3 is 5.69 Å². The molecule has 0 aliphatic heterocycles. The molecule has 0 aliphatic rings. The fraction of sp³-hybridized carbons (Fsp3) is 0.167. The maximum Gasteiger partial charge on any atom is 0.334 e. The van der Waals surface area contributed by atoms with Crippen LogP contribution in [0.4, 0.5) is 11.4 Å². The summed E-state index contributed by atoms with van der Waals surface area (Å²) in [5.41, 5.74) is 3.86. The predicted molar refractivity (Wildman–Crippen MR) is 42.7 cm³/mol. The SMILES string of the molecule is Cn1cc(N)c(=O)c([N+](=O)[O-])c1. The lowest BCUT2D eigenvalue weighted by Gasteiger charge is -1.98. The molecule has 1 aromatic rings. The molecule has 0 amide bonds. The maximum absolute atomic E-state index is 11.0. The number of hydrogen-bond donors (Lipinski definition) is 1. The van der Waals surface area contributed by atoms with Crippen LogP contribution in [0.25, 0.3) is 0 Å². The fourth-order valence-electron chi connectivity index (χ4n) is 0.845. The van der Waals surface area contributed by atoms with Crippen molar-refractivity contribution in [1.82, 2.24) is 4.57 Å². The average Bonchev–Trinajstić information content (AvgIpc) is 1.96. The molecule has 0 fully saturated rings. The van der Waals surface area contributed by atoms with Gasteiger partial charge in [0.1, 0.15) is 5.69 Å². The van der Waals surface area contributed by atoms with Gasteiger partial charge < -0.3 is 10.3 Å². The molecule has 0 radical (unpaired) electrons. The first-order valence-electron chi connectivity index (χ1n) is 3.12. The highest BCUT2D eigenvalue weighted by atomic mass is 16.6. The van der Waals surface area contributed by atoms with Crippen LogP contribution in [0.3, 0.4) is 0 Å². The van der Waals surface area contributed by atoms with Gasteiger partial charge in [0.2, 0.25) is 0 Å². The first-order chi connectivity index (χ1) is 5.52. The van der Waals surface area contributed by atoms with Crippen molar-refractivity contribution in [3.05, 3.63) is 32.7 Å². The topological polar surface area (TPSA) is 91.2 Å². The van der Waals surface area contributed by atoms with E-state index >= 15 is 0 Å². The Labute approximate surface area is 67.4 Å². The van der Waals surface area contributed by atoms with Crippen molar-refractivity contribution in [3.8, 4) is 0 Å². The Morgan fingerprint density at radius 2 is 2.17 bits per heavy atom. The summed E-state index contributed by atoms with van der Waals surface area (Å²) in [6.45, 7) is 0. The second kappa shape index (κ2) is 2.65. The molecule has 0 unspecified atom stereocenters. The number of aromatic nitrogens is 1. The van der Waals surface area contributed by atoms with E-state index in [-0.39, 0.29) is 5.69 Å². The van der Waals surface area contributed by atoms with Crippen LogP contribution < -0.4 is 11.2 Å². The second-order valence-corrected chi connectivity index (χ2v) is 2.35. The number of hydrogen-bond acceptors (Lipinski definition) is 4. The van der Waals surface area contributed by atoms with Crippen molar-refractivity contribution in [2.75, 3.05) is 5.73 Å². The van der Waals surface area contributed by atoms with Crippen molar-refractivity contribution in [2.24, 2.45) is 7.05 Å². The summed E-state index contributed by atoms with van der Waals surface area (Å²) in [5.74, 6) is 0. The van der Waals surface area contributed by atoms with Crippen LogP contribution in [0.5, 0.6) is 0 Å². The van der Waals surface area contributed by atoms with Gasteiger partial charge in [0.05, 0.1) is 11.1 Å². The zero-order valence-corrected chi connectivity index (χ0v) is 6.35. The monoisotopic (exact) mass is 169 g/mol. The number of nitro groups is 1. The largest absolute Gasteiger partial charge is 0.394 e. The molecule has 2 N–H and O–H groups in total. The zero-order chi connectivity index (χ0) is 9.30. The third-order valence-electron chi connectivity index (χ3n) is 1.36. The minimum atomic E-state index is -0.751. The Bertz CT molecular complexity index is 382. The van der Waals surface area contributed by atoms with Gasteiger partial charge in [0.15, 0.2) is 0 Å². The number of nitrogens with zero attached hydrogens (tertiary/aromatic N) is 2. The molecule has 1 heterocycles. The molecule has 6 nitrogen and oxygen atoms in total. The molecule has 6 heteroatoms. The van der Waals surface area contributed by atoms with Crippen LogP contribution in [-0.4, -0.2) is 9.49 Å². The molecule has 0 saturated carbocycles. The van der Waals surface area contributed by atoms with Crippen LogP contribution >= 0.6 is 0 Å². The number of pyridine rings is 1. The van der Waals surface area contributed by atoms with Crippen LogP contribution in [0.2, 0.25) is 0 Å². The van der Waals surface area contributed by atoms with E-state index in [1.165, 1.54) is 10.8 Å². The summed E-state index contributed by atoms with van der Waals surface area (Å²) in [5, 5.41) is 10.3. The third kappa shape index (κ3) is 1.26. The Hall–Kier alpha value is -1.85. The van der Waals surface area contributed by atoms with Gasteiger partial charge in [-0.15, -0.1) is 0 Å². The number of aryl methyl sites for hydroxylation is 1.